The van der Waals surface area contributed by atoms with Gasteiger partial charge in [-0.25, -0.2) is 0 Å². The van der Waals surface area contributed by atoms with Gasteiger partial charge in [0.2, 0.25) is 0 Å². The molecule has 42 heavy (non-hydrogen) atoms. The zero-order valence-corrected chi connectivity index (χ0v) is 24.9. The fourth-order valence-corrected chi connectivity index (χ4v) is 4.65. The Hall–Kier alpha value is -3.48. The molecule has 0 atom stereocenters. The molecule has 0 spiro atoms. The number of nitrogens with one attached hydrogen (secondary N) is 2. The summed E-state index contributed by atoms with van der Waals surface area (Å²) in [6, 6.07) is 35.1. The molecule has 0 saturated heterocycles. The number of benzene rings is 4. The van der Waals surface area contributed by atoms with Crippen molar-refractivity contribution in [2.45, 2.75) is 27.6 Å². The van der Waals surface area contributed by atoms with E-state index in [1.807, 2.05) is 20.9 Å². The van der Waals surface area contributed by atoms with Crippen molar-refractivity contribution < 1.29 is 14.1 Å². The summed E-state index contributed by atoms with van der Waals surface area (Å²) in [6.45, 7) is 9.23. The second kappa shape index (κ2) is 18.9. The number of carbonyl (C=O) groups is 1. The molecule has 0 aliphatic heterocycles. The van der Waals surface area contributed by atoms with Gasteiger partial charge >= 0.3 is 13.8 Å². The third-order valence-corrected chi connectivity index (χ3v) is 7.09. The molecule has 7 heteroatoms. The normalized spacial score (nSPS) is 10.3. The Kier molecular flexibility index (Phi) is 15.6. The molecule has 0 saturated carbocycles. The molecule has 5 nitrogen and oxygen atoms in total. The molecule has 0 aliphatic rings. The predicted molar refractivity (Wildman–Crippen MR) is 182 cm³/mol. The van der Waals surface area contributed by atoms with Crippen LogP contribution in [0.2, 0.25) is 6.82 Å². The first-order chi connectivity index (χ1) is 20.1. The van der Waals surface area contributed by atoms with Crippen LogP contribution in [0.5, 0.6) is 0 Å². The van der Waals surface area contributed by atoms with Gasteiger partial charge in [-0.05, 0) is 66.1 Å². The van der Waals surface area contributed by atoms with Gasteiger partial charge in [-0.15, -0.1) is 0 Å². The molecule has 0 fully saturated rings. The van der Waals surface area contributed by atoms with Crippen LogP contribution in [0.4, 0.5) is 0 Å². The lowest BCUT2D eigenvalue weighted by molar-refractivity contribution is -0.0980. The fourth-order valence-electron chi connectivity index (χ4n) is 4.65. The van der Waals surface area contributed by atoms with E-state index >= 15 is 0 Å². The number of hydrogen-bond acceptors (Lipinski definition) is 5. The Morgan fingerprint density at radius 3 is 1.50 bits per heavy atom. The van der Waals surface area contributed by atoms with Crippen molar-refractivity contribution in [3.05, 3.63) is 114 Å². The second-order valence-electron chi connectivity index (χ2n) is 10.1. The minimum Gasteiger partial charge on any atom is -0.430 e. The van der Waals surface area contributed by atoms with Gasteiger partial charge in [0.15, 0.2) is 0 Å². The maximum atomic E-state index is 8.00. The van der Waals surface area contributed by atoms with Crippen LogP contribution in [-0.4, -0.2) is 61.0 Å². The lowest BCUT2D eigenvalue weighted by Gasteiger charge is -2.17. The number of hydrogen-bond donors (Lipinski definition) is 2. The van der Waals surface area contributed by atoms with E-state index in [4.69, 9.17) is 14.1 Å². The minimum atomic E-state index is -0.108. The summed E-state index contributed by atoms with van der Waals surface area (Å²) >= 11 is 0. The van der Waals surface area contributed by atoms with Crippen LogP contribution >= 0.6 is 0 Å². The maximum Gasteiger partial charge on any atom is 0.361 e. The molecule has 0 bridgehead atoms. The zero-order chi connectivity index (χ0) is 29.5. The molecule has 0 heterocycles. The first-order valence-corrected chi connectivity index (χ1v) is 14.2. The SMILES string of the molecule is C.C=O.CNCCOB(C)c1ccc(Cc2ccc(B(OCCNC)c3ccc(-c4ccc(C)cc4)cc3)cc2)cc1. The molecule has 0 aromatic heterocycles. The summed E-state index contributed by atoms with van der Waals surface area (Å²) in [5.41, 5.74) is 9.84. The highest BCUT2D eigenvalue weighted by Gasteiger charge is 2.21. The van der Waals surface area contributed by atoms with Crippen molar-refractivity contribution in [1.29, 1.82) is 0 Å². The predicted octanol–water partition coefficient (Wildman–Crippen LogP) is 4.11. The van der Waals surface area contributed by atoms with Gasteiger partial charge in [0.25, 0.3) is 0 Å². The third kappa shape index (κ3) is 10.4. The smallest absolute Gasteiger partial charge is 0.361 e. The summed E-state index contributed by atoms with van der Waals surface area (Å²) < 4.78 is 12.3. The van der Waals surface area contributed by atoms with Crippen molar-refractivity contribution in [3.63, 3.8) is 0 Å². The number of rotatable bonds is 14. The zero-order valence-electron chi connectivity index (χ0n) is 24.9. The van der Waals surface area contributed by atoms with E-state index in [2.05, 4.69) is 121 Å². The van der Waals surface area contributed by atoms with Gasteiger partial charge in [-0.3, -0.25) is 0 Å². The second-order valence-corrected chi connectivity index (χ2v) is 10.1. The number of aryl methyl sites for hydroxylation is 1. The Balaban J connectivity index is 0.00000201. The molecule has 0 amide bonds. The van der Waals surface area contributed by atoms with Gasteiger partial charge in [0.1, 0.15) is 6.79 Å². The highest BCUT2D eigenvalue weighted by Crippen LogP contribution is 2.19. The molecule has 0 radical (unpaired) electrons. The summed E-state index contributed by atoms with van der Waals surface area (Å²) in [5.74, 6) is 0. The summed E-state index contributed by atoms with van der Waals surface area (Å²) in [5, 5.41) is 6.30. The lowest BCUT2D eigenvalue weighted by Crippen LogP contribution is -2.46. The van der Waals surface area contributed by atoms with E-state index in [0.29, 0.717) is 13.2 Å². The number of carbonyl (C=O) groups excluding carboxylic acids is 1. The molecule has 0 unspecified atom stereocenters. The van der Waals surface area contributed by atoms with Gasteiger partial charge < -0.3 is 24.7 Å². The largest absolute Gasteiger partial charge is 0.430 e. The van der Waals surface area contributed by atoms with E-state index in [1.165, 1.54) is 38.7 Å². The van der Waals surface area contributed by atoms with Crippen molar-refractivity contribution >= 4 is 37.0 Å². The molecule has 0 aliphatic carbocycles. The highest BCUT2D eigenvalue weighted by atomic mass is 16.4. The summed E-state index contributed by atoms with van der Waals surface area (Å²) in [4.78, 5) is 8.00. The topological polar surface area (TPSA) is 59.6 Å². The van der Waals surface area contributed by atoms with Crippen LogP contribution in [0, 0.1) is 6.92 Å². The molecule has 4 aromatic rings. The molecule has 4 rings (SSSR count). The molecular formula is C35H46B2N2O3. The standard InChI is InChI=1S/C33H40B2N2O2.CH2O.CH4/c1-26-5-11-29(12-6-26)30-13-19-33(20-14-30)35(39-24-22-37-4)32-17-9-28(10-18-32)25-27-7-15-31(16-8-27)34(2)38-23-21-36-3;1-2;/h5-20,36-37H,21-25H2,1-4H3;1H2;1H4. The van der Waals surface area contributed by atoms with Gasteiger partial charge in [0, 0.05) is 26.3 Å². The fraction of sp³-hybridized carbons (Fsp3) is 0.286. The van der Waals surface area contributed by atoms with Crippen molar-refractivity contribution in [3.8, 4) is 11.1 Å². The Labute approximate surface area is 254 Å². The van der Waals surface area contributed by atoms with E-state index in [1.54, 1.807) is 0 Å². The van der Waals surface area contributed by atoms with Crippen molar-refractivity contribution in [1.82, 2.24) is 10.6 Å². The van der Waals surface area contributed by atoms with Crippen LogP contribution in [0.3, 0.4) is 0 Å². The molecular weight excluding hydrogens is 518 g/mol. The average molecular weight is 564 g/mol. The van der Waals surface area contributed by atoms with E-state index < -0.39 is 0 Å². The average Bonchev–Trinajstić information content (AvgIpc) is 3.02. The van der Waals surface area contributed by atoms with Crippen molar-refractivity contribution in [2.24, 2.45) is 0 Å². The van der Waals surface area contributed by atoms with Gasteiger partial charge in [0.05, 0.1) is 0 Å². The molecule has 220 valence electrons. The van der Waals surface area contributed by atoms with Crippen LogP contribution < -0.4 is 27.0 Å². The van der Waals surface area contributed by atoms with Crippen LogP contribution in [0.25, 0.3) is 11.1 Å². The van der Waals surface area contributed by atoms with Crippen LogP contribution in [0.1, 0.15) is 24.1 Å². The van der Waals surface area contributed by atoms with Gasteiger partial charge in [-0.1, -0.05) is 117 Å². The quantitative estimate of drug-likeness (QED) is 0.179. The monoisotopic (exact) mass is 564 g/mol. The highest BCUT2D eigenvalue weighted by molar-refractivity contribution is 6.80. The molecule has 4 aromatic carbocycles. The third-order valence-electron chi connectivity index (χ3n) is 7.09. The first kappa shape index (κ1) is 34.7. The number of likely N-dealkylation sites (N-methyl/N-ethyl adjacent to an activating group) is 2. The van der Waals surface area contributed by atoms with E-state index in [9.17, 15) is 0 Å². The minimum absolute atomic E-state index is 0. The summed E-state index contributed by atoms with van der Waals surface area (Å²) in [7, 11) is 3.89. The Morgan fingerprint density at radius 2 is 1.02 bits per heavy atom. The first-order valence-electron chi connectivity index (χ1n) is 14.2. The van der Waals surface area contributed by atoms with E-state index in [-0.39, 0.29) is 21.3 Å². The van der Waals surface area contributed by atoms with Crippen LogP contribution in [0.15, 0.2) is 97.1 Å². The Morgan fingerprint density at radius 1 is 0.619 bits per heavy atom. The van der Waals surface area contributed by atoms with Crippen LogP contribution in [-0.2, 0) is 20.5 Å². The maximum absolute atomic E-state index is 8.00. The van der Waals surface area contributed by atoms with E-state index in [0.717, 1.165) is 25.0 Å². The lowest BCUT2D eigenvalue weighted by atomic mass is 9.55. The van der Waals surface area contributed by atoms with Gasteiger partial charge in [-0.2, -0.15) is 0 Å². The molecule has 2 N–H and O–H groups in total. The summed E-state index contributed by atoms with van der Waals surface area (Å²) in [6.07, 6.45) is 0.895. The van der Waals surface area contributed by atoms with Crippen molar-refractivity contribution in [2.75, 3.05) is 40.4 Å². The Bertz CT molecular complexity index is 1280.